The van der Waals surface area contributed by atoms with Crippen molar-refractivity contribution in [3.05, 3.63) is 62.6 Å². The minimum atomic E-state index is -0.447. The monoisotopic (exact) mass is 712 g/mol. The third kappa shape index (κ3) is 7.56. The van der Waals surface area contributed by atoms with E-state index in [2.05, 4.69) is 38.1 Å². The SMILES string of the molecule is Cc1cc(CC(CC(=O)N2CCC(N3Cc4ccccc4NC3=O)CC2)C(=O)N2CCN(C3CCN(C)CC3)CC2)cc(Br)c1Cl. The van der Waals surface area contributed by atoms with Gasteiger partial charge in [-0.3, -0.25) is 14.5 Å². The minimum Gasteiger partial charge on any atom is -0.343 e. The quantitative estimate of drug-likeness (QED) is 0.425. The lowest BCUT2D eigenvalue weighted by Gasteiger charge is -2.43. The highest BCUT2D eigenvalue weighted by Crippen LogP contribution is 2.31. The number of piperidine rings is 2. The van der Waals surface area contributed by atoms with Gasteiger partial charge in [-0.1, -0.05) is 35.9 Å². The average molecular weight is 714 g/mol. The van der Waals surface area contributed by atoms with E-state index in [1.165, 1.54) is 12.8 Å². The number of carbonyl (C=O) groups excluding carboxylic acids is 3. The molecule has 2 aromatic carbocycles. The summed E-state index contributed by atoms with van der Waals surface area (Å²) in [5.74, 6) is -0.365. The van der Waals surface area contributed by atoms with Crippen LogP contribution >= 0.6 is 27.5 Å². The number of carbonyl (C=O) groups is 3. The van der Waals surface area contributed by atoms with E-state index in [-0.39, 0.29) is 30.3 Å². The highest BCUT2D eigenvalue weighted by atomic mass is 79.9. The van der Waals surface area contributed by atoms with E-state index in [1.807, 2.05) is 58.0 Å². The summed E-state index contributed by atoms with van der Waals surface area (Å²) in [5, 5.41) is 3.68. The van der Waals surface area contributed by atoms with Crippen molar-refractivity contribution in [2.24, 2.45) is 5.92 Å². The Hall–Kier alpha value is -2.66. The molecule has 46 heavy (non-hydrogen) atoms. The van der Waals surface area contributed by atoms with Gasteiger partial charge in [-0.25, -0.2) is 4.79 Å². The van der Waals surface area contributed by atoms with Crippen molar-refractivity contribution in [3.63, 3.8) is 0 Å². The molecule has 0 bridgehead atoms. The molecular weight excluding hydrogens is 668 g/mol. The third-order valence-corrected chi connectivity index (χ3v) is 11.8. The second kappa shape index (κ2) is 14.6. The fourth-order valence-electron chi connectivity index (χ4n) is 7.66. The van der Waals surface area contributed by atoms with Gasteiger partial charge in [-0.15, -0.1) is 0 Å². The Labute approximate surface area is 286 Å². The number of aryl methyl sites for hydroxylation is 1. The van der Waals surface area contributed by atoms with Crippen molar-refractivity contribution >= 4 is 51.1 Å². The number of piperazine rings is 1. The average Bonchev–Trinajstić information content (AvgIpc) is 3.06. The van der Waals surface area contributed by atoms with Crippen LogP contribution in [0, 0.1) is 12.8 Å². The lowest BCUT2D eigenvalue weighted by atomic mass is 9.92. The summed E-state index contributed by atoms with van der Waals surface area (Å²) in [5.41, 5.74) is 3.93. The zero-order chi connectivity index (χ0) is 32.4. The van der Waals surface area contributed by atoms with E-state index in [4.69, 9.17) is 11.6 Å². The Kier molecular flexibility index (Phi) is 10.6. The maximum Gasteiger partial charge on any atom is 0.322 e. The number of rotatable bonds is 7. The molecule has 1 atom stereocenters. The van der Waals surface area contributed by atoms with Crippen molar-refractivity contribution in [2.45, 2.75) is 64.1 Å². The van der Waals surface area contributed by atoms with E-state index < -0.39 is 5.92 Å². The first-order chi connectivity index (χ1) is 22.2. The summed E-state index contributed by atoms with van der Waals surface area (Å²) >= 11 is 10.00. The maximum absolute atomic E-state index is 14.1. The molecule has 2 aromatic rings. The van der Waals surface area contributed by atoms with Gasteiger partial charge in [0.1, 0.15) is 0 Å². The van der Waals surface area contributed by atoms with Crippen molar-refractivity contribution in [2.75, 3.05) is 64.7 Å². The predicted molar refractivity (Wildman–Crippen MR) is 185 cm³/mol. The van der Waals surface area contributed by atoms with Crippen LogP contribution in [-0.4, -0.2) is 114 Å². The van der Waals surface area contributed by atoms with Gasteiger partial charge in [-0.2, -0.15) is 0 Å². The number of benzene rings is 2. The van der Waals surface area contributed by atoms with E-state index in [9.17, 15) is 14.4 Å². The van der Waals surface area contributed by atoms with Gasteiger partial charge in [0, 0.05) is 74.5 Å². The van der Waals surface area contributed by atoms with E-state index >= 15 is 0 Å². The number of para-hydroxylation sites is 1. The Balaban J connectivity index is 1.09. The summed E-state index contributed by atoms with van der Waals surface area (Å²) in [6, 6.07) is 12.5. The molecular formula is C35H46BrClN6O3. The van der Waals surface area contributed by atoms with Crippen LogP contribution in [0.4, 0.5) is 10.5 Å². The fourth-order valence-corrected chi connectivity index (χ4v) is 8.37. The molecule has 9 nitrogen and oxygen atoms in total. The van der Waals surface area contributed by atoms with Crippen molar-refractivity contribution in [3.8, 4) is 0 Å². The molecule has 0 saturated carbocycles. The van der Waals surface area contributed by atoms with E-state index in [0.29, 0.717) is 50.2 Å². The van der Waals surface area contributed by atoms with Gasteiger partial charge in [0.15, 0.2) is 0 Å². The van der Waals surface area contributed by atoms with Crippen molar-refractivity contribution < 1.29 is 14.4 Å². The Bertz CT molecular complexity index is 1410. The maximum atomic E-state index is 14.1. The van der Waals surface area contributed by atoms with Crippen molar-refractivity contribution in [1.29, 1.82) is 0 Å². The second-order valence-electron chi connectivity index (χ2n) is 13.5. The Morgan fingerprint density at radius 1 is 0.935 bits per heavy atom. The predicted octanol–water partition coefficient (Wildman–Crippen LogP) is 5.24. The van der Waals surface area contributed by atoms with Gasteiger partial charge in [0.2, 0.25) is 11.8 Å². The number of nitrogens with one attached hydrogen (secondary N) is 1. The van der Waals surface area contributed by atoms with Crippen LogP contribution in [0.1, 0.15) is 48.8 Å². The number of anilines is 1. The molecule has 0 radical (unpaired) electrons. The number of likely N-dealkylation sites (tertiary alicyclic amines) is 2. The van der Waals surface area contributed by atoms with Gasteiger partial charge < -0.3 is 24.9 Å². The molecule has 4 heterocycles. The van der Waals surface area contributed by atoms with Crippen molar-refractivity contribution in [1.82, 2.24) is 24.5 Å². The molecule has 1 N–H and O–H groups in total. The number of amides is 4. The second-order valence-corrected chi connectivity index (χ2v) is 14.8. The molecule has 0 aromatic heterocycles. The molecule has 11 heteroatoms. The summed E-state index contributed by atoms with van der Waals surface area (Å²) in [6.45, 7) is 9.12. The fraction of sp³-hybridized carbons (Fsp3) is 0.571. The molecule has 3 fully saturated rings. The number of nitrogens with zero attached hydrogens (tertiary/aromatic N) is 5. The van der Waals surface area contributed by atoms with Crippen LogP contribution in [0.3, 0.4) is 0 Å². The normalized spacial score (nSPS) is 21.2. The zero-order valence-electron chi connectivity index (χ0n) is 27.0. The van der Waals surface area contributed by atoms with Crippen LogP contribution in [0.25, 0.3) is 0 Å². The Morgan fingerprint density at radius 3 is 2.30 bits per heavy atom. The van der Waals surface area contributed by atoms with Gasteiger partial charge in [-0.05, 0) is 104 Å². The smallest absolute Gasteiger partial charge is 0.322 e. The highest BCUT2D eigenvalue weighted by molar-refractivity contribution is 9.10. The Morgan fingerprint density at radius 2 is 1.61 bits per heavy atom. The molecule has 0 aliphatic carbocycles. The number of hydrogen-bond donors (Lipinski definition) is 1. The van der Waals surface area contributed by atoms with Crippen LogP contribution in [0.2, 0.25) is 5.02 Å². The molecule has 4 aliphatic heterocycles. The van der Waals surface area contributed by atoms with Crippen LogP contribution in [-0.2, 0) is 22.6 Å². The molecule has 248 valence electrons. The van der Waals surface area contributed by atoms with E-state index in [0.717, 1.165) is 65.9 Å². The third-order valence-electron chi connectivity index (χ3n) is 10.5. The number of fused-ring (bicyclic) bond motifs is 1. The van der Waals surface area contributed by atoms with Gasteiger partial charge in [0.25, 0.3) is 0 Å². The van der Waals surface area contributed by atoms with Crippen LogP contribution in [0.15, 0.2) is 40.9 Å². The number of hydrogen-bond acceptors (Lipinski definition) is 5. The zero-order valence-corrected chi connectivity index (χ0v) is 29.4. The topological polar surface area (TPSA) is 79.4 Å². The van der Waals surface area contributed by atoms with Crippen LogP contribution in [0.5, 0.6) is 0 Å². The van der Waals surface area contributed by atoms with E-state index in [1.54, 1.807) is 0 Å². The molecule has 4 amide bonds. The molecule has 0 spiro atoms. The summed E-state index contributed by atoms with van der Waals surface area (Å²) in [7, 11) is 2.18. The molecule has 3 saturated heterocycles. The molecule has 1 unspecified atom stereocenters. The molecule has 6 rings (SSSR count). The lowest BCUT2D eigenvalue weighted by Crippen LogP contribution is -2.55. The first-order valence-corrected chi connectivity index (χ1v) is 17.9. The summed E-state index contributed by atoms with van der Waals surface area (Å²) in [4.78, 5) is 51.5. The largest absolute Gasteiger partial charge is 0.343 e. The van der Waals surface area contributed by atoms with Gasteiger partial charge in [0.05, 0.1) is 10.9 Å². The number of urea groups is 1. The first kappa shape index (κ1) is 33.2. The lowest BCUT2D eigenvalue weighted by molar-refractivity contribution is -0.143. The van der Waals surface area contributed by atoms with Crippen LogP contribution < -0.4 is 5.32 Å². The standard InChI is InChI=1S/C35H46BrClN6O3/c1-24-19-25(21-30(36)33(24)37)20-27(34(45)42-17-15-40(16-18-42)28-7-11-39(2)12-8-28)22-32(44)41-13-9-29(10-14-41)43-23-26-5-3-4-6-31(26)38-35(43)46/h3-6,19,21,27-29H,7-18,20,22-23H2,1-2H3,(H,38,46). The summed E-state index contributed by atoms with van der Waals surface area (Å²) < 4.78 is 0.805. The molecule has 4 aliphatic rings. The summed E-state index contributed by atoms with van der Waals surface area (Å²) in [6.07, 6.45) is 4.47. The highest BCUT2D eigenvalue weighted by Gasteiger charge is 2.36. The van der Waals surface area contributed by atoms with Gasteiger partial charge >= 0.3 is 6.03 Å². The minimum absolute atomic E-state index is 0.0138. The number of halogens is 2. The first-order valence-electron chi connectivity index (χ1n) is 16.8.